The maximum absolute atomic E-state index is 10.2. The van der Waals surface area contributed by atoms with Gasteiger partial charge < -0.3 is 5.41 Å². The van der Waals surface area contributed by atoms with Crippen LogP contribution in [-0.2, 0) is 4.79 Å². The highest BCUT2D eigenvalue weighted by molar-refractivity contribution is 8.12. The molecule has 1 N–H and O–H groups in total. The summed E-state index contributed by atoms with van der Waals surface area (Å²) in [6.07, 6.45) is 7.09. The van der Waals surface area contributed by atoms with Crippen LogP contribution in [0.4, 0.5) is 0 Å². The Balaban J connectivity index is 4.31. The van der Waals surface area contributed by atoms with Crippen LogP contribution < -0.4 is 0 Å². The Labute approximate surface area is 96.3 Å². The average Bonchev–Trinajstić information content (AvgIpc) is 2.26. The van der Waals surface area contributed by atoms with Crippen molar-refractivity contribution < 1.29 is 4.79 Å². The number of carbonyl (C=O) groups is 1. The standard InChI is InChI=1S/C12H19NOS/c1-4-10(3)6-7-11(5-2)12(13)8-15-9-14/h5-7,9-10,13H,4,8H2,1-3H3/b7-6?,11-5+,13-12?. The second kappa shape index (κ2) is 8.48. The molecule has 1 unspecified atom stereocenters. The van der Waals surface area contributed by atoms with Crippen LogP contribution in [0.1, 0.15) is 27.2 Å². The first-order valence-electron chi connectivity index (χ1n) is 5.13. The van der Waals surface area contributed by atoms with Crippen molar-refractivity contribution in [3.05, 3.63) is 23.8 Å². The van der Waals surface area contributed by atoms with Crippen LogP contribution in [0, 0.1) is 11.3 Å². The molecule has 0 aliphatic carbocycles. The molecule has 84 valence electrons. The topological polar surface area (TPSA) is 40.9 Å². The van der Waals surface area contributed by atoms with Crippen molar-refractivity contribution in [1.29, 1.82) is 5.41 Å². The Bertz CT molecular complexity index is 269. The van der Waals surface area contributed by atoms with Gasteiger partial charge >= 0.3 is 0 Å². The maximum Gasteiger partial charge on any atom is 0.176 e. The predicted molar refractivity (Wildman–Crippen MR) is 69.3 cm³/mol. The van der Waals surface area contributed by atoms with E-state index in [-0.39, 0.29) is 0 Å². The molecule has 0 saturated carbocycles. The molecule has 0 spiro atoms. The molecule has 1 atom stereocenters. The van der Waals surface area contributed by atoms with Gasteiger partial charge in [0.05, 0.1) is 0 Å². The van der Waals surface area contributed by atoms with Gasteiger partial charge in [0.25, 0.3) is 0 Å². The van der Waals surface area contributed by atoms with Crippen LogP contribution in [-0.4, -0.2) is 17.1 Å². The summed E-state index contributed by atoms with van der Waals surface area (Å²) in [4.78, 5) is 10.2. The number of thioether (sulfide) groups is 1. The zero-order valence-electron chi connectivity index (χ0n) is 9.62. The van der Waals surface area contributed by atoms with E-state index in [1.54, 1.807) is 0 Å². The molecule has 0 amide bonds. The van der Waals surface area contributed by atoms with Gasteiger partial charge in [0, 0.05) is 11.5 Å². The fraction of sp³-hybridized carbons (Fsp3) is 0.500. The molecule has 0 rings (SSSR count). The lowest BCUT2D eigenvalue weighted by Crippen LogP contribution is -2.03. The minimum atomic E-state index is 0.452. The van der Waals surface area contributed by atoms with Crippen LogP contribution in [0.15, 0.2) is 23.8 Å². The molecule has 0 saturated heterocycles. The van der Waals surface area contributed by atoms with Crippen molar-refractivity contribution >= 4 is 23.1 Å². The molecule has 0 heterocycles. The van der Waals surface area contributed by atoms with E-state index in [1.165, 1.54) is 0 Å². The third-order valence-electron chi connectivity index (χ3n) is 2.20. The van der Waals surface area contributed by atoms with Gasteiger partial charge in [-0.25, -0.2) is 0 Å². The molecular weight excluding hydrogens is 206 g/mol. The Morgan fingerprint density at radius 1 is 1.53 bits per heavy atom. The summed E-state index contributed by atoms with van der Waals surface area (Å²) >= 11 is 1.12. The number of rotatable bonds is 7. The number of nitrogens with one attached hydrogen (secondary N) is 1. The van der Waals surface area contributed by atoms with Crippen molar-refractivity contribution in [1.82, 2.24) is 0 Å². The summed E-state index contributed by atoms with van der Waals surface area (Å²) in [7, 11) is 0. The lowest BCUT2D eigenvalue weighted by atomic mass is 10.1. The highest BCUT2D eigenvalue weighted by atomic mass is 32.2. The molecule has 0 aliphatic rings. The van der Waals surface area contributed by atoms with E-state index in [0.717, 1.165) is 29.4 Å². The molecule has 0 fully saturated rings. The van der Waals surface area contributed by atoms with E-state index in [9.17, 15) is 4.79 Å². The fourth-order valence-electron chi connectivity index (χ4n) is 0.976. The smallest absolute Gasteiger partial charge is 0.176 e. The Hall–Kier alpha value is -0.830. The van der Waals surface area contributed by atoms with Gasteiger partial charge in [-0.05, 0) is 18.4 Å². The van der Waals surface area contributed by atoms with Crippen LogP contribution >= 0.6 is 11.8 Å². The van der Waals surface area contributed by atoms with E-state index in [0.29, 0.717) is 17.4 Å². The number of hydrogen-bond donors (Lipinski definition) is 1. The molecule has 0 aliphatic heterocycles. The predicted octanol–water partition coefficient (Wildman–Crippen LogP) is 3.48. The summed E-state index contributed by atoms with van der Waals surface area (Å²) in [6, 6.07) is 0. The van der Waals surface area contributed by atoms with Crippen LogP contribution in [0.3, 0.4) is 0 Å². The largest absolute Gasteiger partial charge is 0.304 e. The highest BCUT2D eigenvalue weighted by Gasteiger charge is 2.01. The second-order valence-corrected chi connectivity index (χ2v) is 4.19. The van der Waals surface area contributed by atoms with Crippen molar-refractivity contribution in [2.45, 2.75) is 27.2 Å². The average molecular weight is 225 g/mol. The van der Waals surface area contributed by atoms with Crippen molar-refractivity contribution in [2.24, 2.45) is 5.92 Å². The second-order valence-electron chi connectivity index (χ2n) is 3.37. The first-order valence-corrected chi connectivity index (χ1v) is 6.18. The number of hydrogen-bond acceptors (Lipinski definition) is 3. The molecule has 2 nitrogen and oxygen atoms in total. The van der Waals surface area contributed by atoms with Crippen LogP contribution in [0.2, 0.25) is 0 Å². The normalized spacial score (nSPS) is 14.2. The Morgan fingerprint density at radius 2 is 2.20 bits per heavy atom. The zero-order valence-corrected chi connectivity index (χ0v) is 10.4. The first-order chi connectivity index (χ1) is 7.15. The van der Waals surface area contributed by atoms with Crippen LogP contribution in [0.25, 0.3) is 0 Å². The minimum absolute atomic E-state index is 0.452. The minimum Gasteiger partial charge on any atom is -0.304 e. The molecule has 3 heteroatoms. The molecule has 0 aromatic rings. The zero-order chi connectivity index (χ0) is 11.7. The van der Waals surface area contributed by atoms with Gasteiger partial charge in [-0.2, -0.15) is 0 Å². The van der Waals surface area contributed by atoms with Gasteiger partial charge in [0.15, 0.2) is 5.62 Å². The van der Waals surface area contributed by atoms with Crippen LogP contribution in [0.5, 0.6) is 0 Å². The first kappa shape index (κ1) is 14.2. The SMILES string of the molecule is C/C=C(\C=CC(C)CC)C(=N)CSC=O. The van der Waals surface area contributed by atoms with Crippen molar-refractivity contribution in [2.75, 3.05) is 5.75 Å². The molecule has 15 heavy (non-hydrogen) atoms. The lowest BCUT2D eigenvalue weighted by Gasteiger charge is -2.04. The number of carbonyl (C=O) groups excluding carboxylic acids is 1. The van der Waals surface area contributed by atoms with E-state index >= 15 is 0 Å². The summed E-state index contributed by atoms with van der Waals surface area (Å²) in [5.74, 6) is 0.986. The number of allylic oxidation sites excluding steroid dienone is 4. The molecule has 0 radical (unpaired) electrons. The quantitative estimate of drug-likeness (QED) is 0.409. The lowest BCUT2D eigenvalue weighted by molar-refractivity contribution is 0.570. The van der Waals surface area contributed by atoms with Gasteiger partial charge in [-0.1, -0.05) is 50.3 Å². The van der Waals surface area contributed by atoms with E-state index in [4.69, 9.17) is 5.41 Å². The summed E-state index contributed by atoms with van der Waals surface area (Å²) in [5.41, 5.74) is 2.19. The van der Waals surface area contributed by atoms with Gasteiger partial charge in [0.2, 0.25) is 0 Å². The molecular formula is C12H19NOS. The van der Waals surface area contributed by atoms with E-state index in [1.807, 2.05) is 19.1 Å². The summed E-state index contributed by atoms with van der Waals surface area (Å²) in [5, 5.41) is 7.75. The Morgan fingerprint density at radius 3 is 2.67 bits per heavy atom. The van der Waals surface area contributed by atoms with E-state index in [2.05, 4.69) is 19.9 Å². The summed E-state index contributed by atoms with van der Waals surface area (Å²) < 4.78 is 0. The molecule has 0 bridgehead atoms. The van der Waals surface area contributed by atoms with Gasteiger partial charge in [-0.3, -0.25) is 4.79 Å². The van der Waals surface area contributed by atoms with Gasteiger partial charge in [-0.15, -0.1) is 0 Å². The monoisotopic (exact) mass is 225 g/mol. The highest BCUT2D eigenvalue weighted by Crippen LogP contribution is 2.09. The van der Waals surface area contributed by atoms with Crippen molar-refractivity contribution in [3.8, 4) is 0 Å². The third-order valence-corrected chi connectivity index (χ3v) is 2.79. The Kier molecular flexibility index (Phi) is 8.01. The molecule has 0 aromatic heterocycles. The maximum atomic E-state index is 10.2. The van der Waals surface area contributed by atoms with E-state index < -0.39 is 0 Å². The fourth-order valence-corrected chi connectivity index (χ4v) is 1.38. The van der Waals surface area contributed by atoms with Crippen molar-refractivity contribution in [3.63, 3.8) is 0 Å². The third kappa shape index (κ3) is 6.28. The summed E-state index contributed by atoms with van der Waals surface area (Å²) in [6.45, 7) is 6.20. The van der Waals surface area contributed by atoms with Gasteiger partial charge in [0.1, 0.15) is 0 Å². The molecule has 0 aromatic carbocycles.